The summed E-state index contributed by atoms with van der Waals surface area (Å²) >= 11 is 0. The molecule has 2 fully saturated rings. The Bertz CT molecular complexity index is 1340. The van der Waals surface area contributed by atoms with Gasteiger partial charge in [0, 0.05) is 39.7 Å². The molecule has 16 atom stereocenters. The number of aliphatic hydroxyl groups excluding tert-OH is 2. The van der Waals surface area contributed by atoms with E-state index in [1.165, 1.54) is 21.0 Å². The topological polar surface area (TPSA) is 206 Å². The number of allylic oxidation sites excluding steroid dienone is 2. The van der Waals surface area contributed by atoms with E-state index in [-0.39, 0.29) is 25.7 Å². The largest absolute Gasteiger partial charge is 0.462 e. The molecule has 3 aliphatic heterocycles. The summed E-state index contributed by atoms with van der Waals surface area (Å²) in [5, 5.41) is 34.3. The highest BCUT2D eigenvalue weighted by Crippen LogP contribution is 2.37. The minimum Gasteiger partial charge on any atom is -0.462 e. The normalized spacial score (nSPS) is 41.6. The molecule has 2 saturated heterocycles. The van der Waals surface area contributed by atoms with Gasteiger partial charge in [-0.2, -0.15) is 0 Å². The molecule has 0 aliphatic carbocycles. The van der Waals surface area contributed by atoms with Crippen molar-refractivity contribution in [3.8, 4) is 0 Å². The molecule has 0 aromatic rings. The van der Waals surface area contributed by atoms with Gasteiger partial charge < -0.3 is 62.9 Å². The average molecular weight is 800 g/mol. The van der Waals surface area contributed by atoms with Gasteiger partial charge in [-0.3, -0.25) is 14.4 Å². The molecule has 320 valence electrons. The van der Waals surface area contributed by atoms with Crippen LogP contribution in [0.3, 0.4) is 0 Å². The number of ether oxygens (including phenoxy) is 8. The van der Waals surface area contributed by atoms with Crippen LogP contribution in [0.2, 0.25) is 0 Å². The Morgan fingerprint density at radius 1 is 1.02 bits per heavy atom. The van der Waals surface area contributed by atoms with Crippen LogP contribution in [-0.2, 0) is 57.1 Å². The molecule has 0 saturated carbocycles. The van der Waals surface area contributed by atoms with E-state index < -0.39 is 121 Å². The maximum Gasteiger partial charge on any atom is 0.309 e. The minimum atomic E-state index is -1.49. The van der Waals surface area contributed by atoms with Crippen LogP contribution >= 0.6 is 0 Å². The Morgan fingerprint density at radius 2 is 1.71 bits per heavy atom. The molecule has 0 spiro atoms. The summed E-state index contributed by atoms with van der Waals surface area (Å²) in [4.78, 5) is 51.8. The van der Waals surface area contributed by atoms with Gasteiger partial charge in [0.2, 0.25) is 0 Å². The van der Waals surface area contributed by atoms with Gasteiger partial charge in [0.1, 0.15) is 42.4 Å². The van der Waals surface area contributed by atoms with Gasteiger partial charge in [-0.25, -0.2) is 0 Å². The number of methoxy groups -OCH3 is 1. The van der Waals surface area contributed by atoms with Gasteiger partial charge in [-0.15, -0.1) is 0 Å². The summed E-state index contributed by atoms with van der Waals surface area (Å²) < 4.78 is 48.3. The zero-order valence-corrected chi connectivity index (χ0v) is 34.5. The molecule has 3 aliphatic rings. The van der Waals surface area contributed by atoms with Gasteiger partial charge >= 0.3 is 17.9 Å². The van der Waals surface area contributed by atoms with E-state index in [1.807, 2.05) is 13.0 Å². The van der Waals surface area contributed by atoms with E-state index in [0.29, 0.717) is 12.7 Å². The van der Waals surface area contributed by atoms with Gasteiger partial charge in [-0.1, -0.05) is 38.2 Å². The van der Waals surface area contributed by atoms with Crippen LogP contribution in [0.15, 0.2) is 24.3 Å². The van der Waals surface area contributed by atoms with Crippen LogP contribution in [0.4, 0.5) is 0 Å². The fourth-order valence-electron chi connectivity index (χ4n) is 7.77. The lowest BCUT2D eigenvalue weighted by Crippen LogP contribution is -2.66. The van der Waals surface area contributed by atoms with E-state index in [4.69, 9.17) is 37.9 Å². The quantitative estimate of drug-likeness (QED) is 0.156. The van der Waals surface area contributed by atoms with Gasteiger partial charge in [0.15, 0.2) is 18.7 Å². The number of likely N-dealkylation sites (N-methyl/N-ethyl adjacent to an activating group) is 1. The van der Waals surface area contributed by atoms with Crippen molar-refractivity contribution in [3.05, 3.63) is 24.3 Å². The molecule has 0 aromatic heterocycles. The van der Waals surface area contributed by atoms with Crippen LogP contribution in [0, 0.1) is 11.8 Å². The van der Waals surface area contributed by atoms with Crippen LogP contribution < -0.4 is 0 Å². The monoisotopic (exact) mass is 799 g/mol. The lowest BCUT2D eigenvalue weighted by atomic mass is 9.82. The van der Waals surface area contributed by atoms with Crippen molar-refractivity contribution < 1.29 is 72.4 Å². The van der Waals surface area contributed by atoms with Crippen LogP contribution in [0.1, 0.15) is 87.0 Å². The summed E-state index contributed by atoms with van der Waals surface area (Å²) in [6.07, 6.45) is -4.23. The number of nitrogens with zero attached hydrogens (tertiary/aromatic N) is 1. The summed E-state index contributed by atoms with van der Waals surface area (Å²) in [5.41, 5.74) is -1.49. The highest BCUT2D eigenvalue weighted by Gasteiger charge is 2.53. The summed E-state index contributed by atoms with van der Waals surface area (Å²) in [7, 11) is 4.85. The number of esters is 3. The number of rotatable bonds is 11. The Labute approximate surface area is 330 Å². The lowest BCUT2D eigenvalue weighted by Gasteiger charge is -2.50. The first kappa shape index (κ1) is 47.6. The summed E-state index contributed by atoms with van der Waals surface area (Å²) in [6.45, 7) is 11.3. The first-order chi connectivity index (χ1) is 26.3. The predicted octanol–water partition coefficient (Wildman–Crippen LogP) is 2.38. The number of aliphatic hydroxyl groups is 3. The second kappa shape index (κ2) is 21.8. The third-order valence-electron chi connectivity index (χ3n) is 10.6. The fourth-order valence-corrected chi connectivity index (χ4v) is 7.77. The first-order valence-electron chi connectivity index (χ1n) is 19.6. The van der Waals surface area contributed by atoms with Gasteiger partial charge in [0.05, 0.1) is 36.9 Å². The van der Waals surface area contributed by atoms with E-state index in [0.717, 1.165) is 0 Å². The van der Waals surface area contributed by atoms with Crippen molar-refractivity contribution in [2.24, 2.45) is 11.8 Å². The highest BCUT2D eigenvalue weighted by atomic mass is 16.7. The summed E-state index contributed by atoms with van der Waals surface area (Å²) in [5.74, 6) is -2.91. The molecule has 16 nitrogen and oxygen atoms in total. The standard InChI is InChI=1S/C40H65NO15/c1-11-30(45)54-29-20-31(46)50-23(3)15-13-12-14-16-28(44)22(2)19-27(17-18-42)36(37(29)49-10)56-39-34(47)33(41(8)9)35(24(4)52-39)55-32-21-40(7,48)38(25(5)51-32)53-26(6)43/h12-14,16,18,22-25,27-29,32-39,44,47-48H,11,15,17,19-21H2,1-10H3/b13-12+,16-14+/t22-,23-,24?,25?,27+,28+,29-,32?,33?,34?,35?,36+,37+,38?,39?,40?/m1/s1. The maximum atomic E-state index is 13.3. The lowest BCUT2D eigenvalue weighted by molar-refractivity contribution is -0.344. The molecule has 0 radical (unpaired) electrons. The van der Waals surface area contributed by atoms with E-state index in [1.54, 1.807) is 64.9 Å². The van der Waals surface area contributed by atoms with Crippen molar-refractivity contribution in [1.29, 1.82) is 0 Å². The average Bonchev–Trinajstić information content (AvgIpc) is 3.10. The maximum absolute atomic E-state index is 13.3. The molecule has 0 amide bonds. The number of carbonyl (C=O) groups excluding carboxylic acids is 4. The second-order valence-corrected chi connectivity index (χ2v) is 15.7. The number of hydrogen-bond donors (Lipinski definition) is 3. The van der Waals surface area contributed by atoms with Crippen LogP contribution in [0.25, 0.3) is 0 Å². The van der Waals surface area contributed by atoms with Crippen molar-refractivity contribution in [3.63, 3.8) is 0 Å². The Balaban J connectivity index is 2.02. The van der Waals surface area contributed by atoms with Crippen molar-refractivity contribution >= 4 is 24.2 Å². The number of hydrogen-bond acceptors (Lipinski definition) is 16. The SMILES string of the molecule is CCC(=O)O[C@@H]1CC(=O)O[C@H](C)C/C=C/C=C/[C@H](O)[C@H](C)C[C@H](CC=O)[C@H](OC2OC(C)C(OC3CC(C)(O)C(OC(C)=O)C(C)O3)C(N(C)C)C2O)[C@H]1OC. The molecule has 3 heterocycles. The molecule has 56 heavy (non-hydrogen) atoms. The molecule has 0 bridgehead atoms. The van der Waals surface area contributed by atoms with Gasteiger partial charge in [0.25, 0.3) is 0 Å². The molecule has 0 aromatic carbocycles. The smallest absolute Gasteiger partial charge is 0.309 e. The molecule has 3 N–H and O–H groups in total. The number of cyclic esters (lactones) is 1. The zero-order chi connectivity index (χ0) is 41.9. The van der Waals surface area contributed by atoms with E-state index >= 15 is 0 Å². The Morgan fingerprint density at radius 3 is 2.30 bits per heavy atom. The molecule has 3 rings (SSSR count). The number of aldehydes is 1. The predicted molar refractivity (Wildman–Crippen MR) is 201 cm³/mol. The van der Waals surface area contributed by atoms with Crippen LogP contribution in [-0.4, -0.2) is 151 Å². The minimum absolute atomic E-state index is 0.000768. The van der Waals surface area contributed by atoms with Gasteiger partial charge in [-0.05, 0) is 60.0 Å². The second-order valence-electron chi connectivity index (χ2n) is 15.7. The fraction of sp³-hybridized carbons (Fsp3) is 0.800. The van der Waals surface area contributed by atoms with Crippen molar-refractivity contribution in [2.75, 3.05) is 21.2 Å². The van der Waals surface area contributed by atoms with E-state index in [9.17, 15) is 34.5 Å². The first-order valence-corrected chi connectivity index (χ1v) is 19.6. The third-order valence-corrected chi connectivity index (χ3v) is 10.6. The molecule has 16 heteroatoms. The van der Waals surface area contributed by atoms with E-state index in [2.05, 4.69) is 0 Å². The highest BCUT2D eigenvalue weighted by molar-refractivity contribution is 5.72. The van der Waals surface area contributed by atoms with Crippen molar-refractivity contribution in [2.45, 2.75) is 172 Å². The zero-order valence-electron chi connectivity index (χ0n) is 34.5. The van der Waals surface area contributed by atoms with Crippen LogP contribution in [0.5, 0.6) is 0 Å². The summed E-state index contributed by atoms with van der Waals surface area (Å²) in [6, 6.07) is -0.778. The van der Waals surface area contributed by atoms with Crippen molar-refractivity contribution in [1.82, 2.24) is 4.90 Å². The number of carbonyl (C=O) groups is 4. The third kappa shape index (κ3) is 13.1. The Kier molecular flexibility index (Phi) is 18.5. The molecular weight excluding hydrogens is 734 g/mol. The Hall–Kier alpha value is -2.80. The molecular formula is C40H65NO15. The molecule has 9 unspecified atom stereocenters.